The second-order valence-electron chi connectivity index (χ2n) is 7.48. The molecule has 30 heavy (non-hydrogen) atoms. The number of nitrogens with zero attached hydrogens (tertiary/aromatic N) is 2. The van der Waals surface area contributed by atoms with Crippen LogP contribution in [0.15, 0.2) is 59.1 Å². The summed E-state index contributed by atoms with van der Waals surface area (Å²) < 4.78 is 10.9. The van der Waals surface area contributed by atoms with Gasteiger partial charge in [-0.05, 0) is 24.5 Å². The molecule has 4 rings (SSSR count). The fourth-order valence-electron chi connectivity index (χ4n) is 3.50. The van der Waals surface area contributed by atoms with Crippen LogP contribution in [0.25, 0.3) is 11.3 Å². The molecule has 3 aromatic rings. The van der Waals surface area contributed by atoms with Gasteiger partial charge in [-0.2, -0.15) is 0 Å². The smallest absolute Gasteiger partial charge is 0.306 e. The average molecular weight is 404 g/mol. The topological polar surface area (TPSA) is 72.6 Å². The van der Waals surface area contributed by atoms with Gasteiger partial charge in [-0.15, -0.1) is 0 Å². The van der Waals surface area contributed by atoms with Crippen LogP contribution in [0.2, 0.25) is 0 Å². The van der Waals surface area contributed by atoms with Gasteiger partial charge in [-0.3, -0.25) is 9.59 Å². The summed E-state index contributed by atoms with van der Waals surface area (Å²) in [6.07, 6.45) is 2.92. The summed E-state index contributed by atoms with van der Waals surface area (Å²) in [4.78, 5) is 30.4. The zero-order valence-corrected chi connectivity index (χ0v) is 17.0. The lowest BCUT2D eigenvalue weighted by Gasteiger charge is -2.28. The van der Waals surface area contributed by atoms with Crippen molar-refractivity contribution in [2.75, 3.05) is 13.2 Å². The quantitative estimate of drug-likeness (QED) is 0.586. The number of esters is 1. The maximum Gasteiger partial charge on any atom is 0.306 e. The van der Waals surface area contributed by atoms with E-state index in [-0.39, 0.29) is 18.9 Å². The number of aryl methyl sites for hydroxylation is 2. The number of amides is 1. The molecule has 0 bridgehead atoms. The van der Waals surface area contributed by atoms with E-state index >= 15 is 0 Å². The van der Waals surface area contributed by atoms with Gasteiger partial charge in [0.2, 0.25) is 0 Å². The Morgan fingerprint density at radius 2 is 1.87 bits per heavy atom. The first-order chi connectivity index (χ1) is 14.6. The van der Waals surface area contributed by atoms with Gasteiger partial charge >= 0.3 is 5.97 Å². The number of hydrogen-bond donors (Lipinski definition) is 0. The molecule has 6 heteroatoms. The van der Waals surface area contributed by atoms with Gasteiger partial charge in [0.05, 0.1) is 12.6 Å². The van der Waals surface area contributed by atoms with Crippen LogP contribution in [0.5, 0.6) is 0 Å². The van der Waals surface area contributed by atoms with Crippen LogP contribution >= 0.6 is 0 Å². The number of fused-ring (bicyclic) bond motifs is 1. The zero-order chi connectivity index (χ0) is 20.9. The van der Waals surface area contributed by atoms with Gasteiger partial charge < -0.3 is 14.1 Å². The van der Waals surface area contributed by atoms with Crippen LogP contribution in [0.4, 0.5) is 0 Å². The van der Waals surface area contributed by atoms with Crippen LogP contribution in [0.1, 0.15) is 29.0 Å². The van der Waals surface area contributed by atoms with Crippen molar-refractivity contribution in [2.45, 2.75) is 32.7 Å². The summed E-state index contributed by atoms with van der Waals surface area (Å²) in [5, 5.41) is 0. The van der Waals surface area contributed by atoms with Crippen LogP contribution in [-0.2, 0) is 33.7 Å². The monoisotopic (exact) mass is 404 g/mol. The highest BCUT2D eigenvalue weighted by Crippen LogP contribution is 2.21. The minimum Gasteiger partial charge on any atom is -0.456 e. The molecule has 0 N–H and O–H groups in total. The first kappa shape index (κ1) is 19.9. The number of oxazole rings is 1. The summed E-state index contributed by atoms with van der Waals surface area (Å²) in [6.45, 7) is 2.99. The molecule has 0 radical (unpaired) electrons. The Morgan fingerprint density at radius 3 is 2.67 bits per heavy atom. The van der Waals surface area contributed by atoms with Gasteiger partial charge in [0.15, 0.2) is 18.3 Å². The predicted octanol–water partition coefficient (Wildman–Crippen LogP) is 3.71. The molecule has 2 aromatic carbocycles. The molecule has 154 valence electrons. The molecule has 1 aliphatic rings. The van der Waals surface area contributed by atoms with Crippen molar-refractivity contribution >= 4 is 11.9 Å². The van der Waals surface area contributed by atoms with E-state index in [0.29, 0.717) is 31.2 Å². The molecule has 0 atom stereocenters. The van der Waals surface area contributed by atoms with Crippen LogP contribution in [0.3, 0.4) is 0 Å². The molecule has 0 fully saturated rings. The SMILES string of the molecule is Cc1ccc(-c2cnc(CCC(=O)OCC(=O)N3CCc4ccccc4C3)o2)cc1. The Kier molecular flexibility index (Phi) is 5.93. The van der Waals surface area contributed by atoms with Crippen molar-refractivity contribution in [3.63, 3.8) is 0 Å². The third-order valence-electron chi connectivity index (χ3n) is 5.27. The van der Waals surface area contributed by atoms with Crippen molar-refractivity contribution in [1.82, 2.24) is 9.88 Å². The molecule has 0 saturated carbocycles. The van der Waals surface area contributed by atoms with Crippen molar-refractivity contribution in [3.8, 4) is 11.3 Å². The number of aromatic nitrogens is 1. The van der Waals surface area contributed by atoms with E-state index in [9.17, 15) is 9.59 Å². The Hall–Kier alpha value is -3.41. The molecular weight excluding hydrogens is 380 g/mol. The summed E-state index contributed by atoms with van der Waals surface area (Å²) in [6, 6.07) is 16.1. The molecule has 0 spiro atoms. The lowest BCUT2D eigenvalue weighted by Crippen LogP contribution is -2.38. The van der Waals surface area contributed by atoms with E-state index in [0.717, 1.165) is 17.5 Å². The fourth-order valence-corrected chi connectivity index (χ4v) is 3.50. The van der Waals surface area contributed by atoms with Gasteiger partial charge in [0.1, 0.15) is 0 Å². The normalized spacial score (nSPS) is 13.0. The van der Waals surface area contributed by atoms with Crippen molar-refractivity contribution in [3.05, 3.63) is 77.3 Å². The van der Waals surface area contributed by atoms with Gasteiger partial charge in [0, 0.05) is 25.1 Å². The highest BCUT2D eigenvalue weighted by atomic mass is 16.5. The molecule has 1 aromatic heterocycles. The first-order valence-corrected chi connectivity index (χ1v) is 10.1. The van der Waals surface area contributed by atoms with Crippen molar-refractivity contribution in [1.29, 1.82) is 0 Å². The largest absolute Gasteiger partial charge is 0.456 e. The van der Waals surface area contributed by atoms with Crippen LogP contribution in [0, 0.1) is 6.92 Å². The standard InChI is InChI=1S/C24H24N2O4/c1-17-6-8-19(9-7-17)21-14-25-22(30-21)10-11-24(28)29-16-23(27)26-13-12-18-4-2-3-5-20(18)15-26/h2-9,14H,10-13,15-16H2,1H3. The molecule has 1 aliphatic heterocycles. The molecule has 0 saturated heterocycles. The molecular formula is C24H24N2O4. The van der Waals surface area contributed by atoms with E-state index in [1.54, 1.807) is 11.1 Å². The lowest BCUT2D eigenvalue weighted by molar-refractivity contribution is -0.152. The maximum absolute atomic E-state index is 12.4. The highest BCUT2D eigenvalue weighted by Gasteiger charge is 2.21. The second kappa shape index (κ2) is 8.95. The lowest BCUT2D eigenvalue weighted by atomic mass is 10.00. The summed E-state index contributed by atoms with van der Waals surface area (Å²) in [5.41, 5.74) is 4.53. The Balaban J connectivity index is 1.23. The molecule has 2 heterocycles. The van der Waals surface area contributed by atoms with Gasteiger partial charge in [0.25, 0.3) is 5.91 Å². The van der Waals surface area contributed by atoms with E-state index in [1.807, 2.05) is 49.4 Å². The van der Waals surface area contributed by atoms with E-state index in [1.165, 1.54) is 11.1 Å². The predicted molar refractivity (Wildman–Crippen MR) is 112 cm³/mol. The van der Waals surface area contributed by atoms with Gasteiger partial charge in [-0.1, -0.05) is 54.1 Å². The molecule has 0 unspecified atom stereocenters. The van der Waals surface area contributed by atoms with Gasteiger partial charge in [-0.25, -0.2) is 4.98 Å². The summed E-state index contributed by atoms with van der Waals surface area (Å²) in [7, 11) is 0. The van der Waals surface area contributed by atoms with Crippen LogP contribution in [-0.4, -0.2) is 34.9 Å². The Labute approximate surface area is 175 Å². The molecule has 6 nitrogen and oxygen atoms in total. The fraction of sp³-hybridized carbons (Fsp3) is 0.292. The molecule has 1 amide bonds. The van der Waals surface area contributed by atoms with E-state index < -0.39 is 5.97 Å². The van der Waals surface area contributed by atoms with Crippen molar-refractivity contribution in [2.24, 2.45) is 0 Å². The number of carbonyl (C=O) groups is 2. The number of carbonyl (C=O) groups excluding carboxylic acids is 2. The third kappa shape index (κ3) is 4.76. The first-order valence-electron chi connectivity index (χ1n) is 10.1. The van der Waals surface area contributed by atoms with E-state index in [4.69, 9.17) is 9.15 Å². The highest BCUT2D eigenvalue weighted by molar-refractivity contribution is 5.81. The van der Waals surface area contributed by atoms with E-state index in [2.05, 4.69) is 11.1 Å². The second-order valence-corrected chi connectivity index (χ2v) is 7.48. The van der Waals surface area contributed by atoms with Crippen LogP contribution < -0.4 is 0 Å². The average Bonchev–Trinajstić information content (AvgIpc) is 3.25. The van der Waals surface area contributed by atoms with Crippen molar-refractivity contribution < 1.29 is 18.7 Å². The minimum absolute atomic E-state index is 0.115. The molecule has 0 aliphatic carbocycles. The Bertz CT molecular complexity index is 1040. The summed E-state index contributed by atoms with van der Waals surface area (Å²) >= 11 is 0. The zero-order valence-electron chi connectivity index (χ0n) is 17.0. The number of benzene rings is 2. The number of rotatable bonds is 6. The number of ether oxygens (including phenoxy) is 1. The minimum atomic E-state index is -0.434. The number of hydrogen-bond acceptors (Lipinski definition) is 5. The third-order valence-corrected chi connectivity index (χ3v) is 5.27. The Morgan fingerprint density at radius 1 is 1.10 bits per heavy atom. The maximum atomic E-state index is 12.4. The summed E-state index contributed by atoms with van der Waals surface area (Å²) in [5.74, 6) is 0.534.